The van der Waals surface area contributed by atoms with E-state index in [2.05, 4.69) is 6.92 Å². The van der Waals surface area contributed by atoms with Crippen molar-refractivity contribution in [2.75, 3.05) is 0 Å². The molecule has 0 radical (unpaired) electrons. The molecule has 0 aromatic rings. The summed E-state index contributed by atoms with van der Waals surface area (Å²) in [6.45, 7) is 2.15. The molecule has 2 rings (SSSR count). The van der Waals surface area contributed by atoms with Crippen LogP contribution in [0.15, 0.2) is 0 Å². The molecule has 0 heterocycles. The van der Waals surface area contributed by atoms with Crippen LogP contribution in [0.1, 0.15) is 64.7 Å². The van der Waals surface area contributed by atoms with Crippen molar-refractivity contribution in [3.05, 3.63) is 0 Å². The molecular formula is C13H24O. The Bertz CT molecular complexity index is 184. The van der Waals surface area contributed by atoms with Crippen molar-refractivity contribution in [1.82, 2.24) is 0 Å². The van der Waals surface area contributed by atoms with Crippen LogP contribution in [-0.2, 0) is 0 Å². The molecule has 1 nitrogen and oxygen atoms in total. The van der Waals surface area contributed by atoms with Crippen molar-refractivity contribution in [3.63, 3.8) is 0 Å². The molecule has 0 amide bonds. The molecular weight excluding hydrogens is 172 g/mol. The fourth-order valence-corrected chi connectivity index (χ4v) is 3.58. The highest BCUT2D eigenvalue weighted by molar-refractivity contribution is 4.92. The van der Waals surface area contributed by atoms with E-state index in [-0.39, 0.29) is 5.60 Å². The highest BCUT2D eigenvalue weighted by Gasteiger charge is 2.40. The van der Waals surface area contributed by atoms with Crippen LogP contribution in [-0.4, -0.2) is 10.7 Å². The van der Waals surface area contributed by atoms with Gasteiger partial charge in [0.15, 0.2) is 0 Å². The molecule has 2 aliphatic rings. The van der Waals surface area contributed by atoms with Gasteiger partial charge in [-0.25, -0.2) is 0 Å². The van der Waals surface area contributed by atoms with Gasteiger partial charge in [-0.2, -0.15) is 0 Å². The van der Waals surface area contributed by atoms with E-state index >= 15 is 0 Å². The van der Waals surface area contributed by atoms with Gasteiger partial charge in [-0.05, 0) is 37.5 Å². The Morgan fingerprint density at radius 3 is 2.50 bits per heavy atom. The average molecular weight is 196 g/mol. The minimum absolute atomic E-state index is 0.289. The Kier molecular flexibility index (Phi) is 3.16. The lowest BCUT2D eigenvalue weighted by Crippen LogP contribution is -2.33. The first-order valence-corrected chi connectivity index (χ1v) is 6.47. The second-order valence-corrected chi connectivity index (χ2v) is 5.43. The number of rotatable bonds is 3. The summed E-state index contributed by atoms with van der Waals surface area (Å²) in [6.07, 6.45) is 11.6. The third kappa shape index (κ3) is 1.98. The van der Waals surface area contributed by atoms with Gasteiger partial charge in [0, 0.05) is 0 Å². The third-order valence-corrected chi connectivity index (χ3v) is 4.63. The van der Waals surface area contributed by atoms with Gasteiger partial charge < -0.3 is 5.11 Å². The van der Waals surface area contributed by atoms with Crippen LogP contribution in [0.4, 0.5) is 0 Å². The summed E-state index contributed by atoms with van der Waals surface area (Å²) in [5.41, 5.74) is -0.289. The Hall–Kier alpha value is -0.0400. The van der Waals surface area contributed by atoms with E-state index in [0.29, 0.717) is 5.92 Å². The first kappa shape index (κ1) is 10.5. The molecule has 2 fully saturated rings. The molecule has 0 spiro atoms. The van der Waals surface area contributed by atoms with Crippen LogP contribution in [0.25, 0.3) is 0 Å². The minimum atomic E-state index is -0.289. The standard InChI is InChI=1S/C13H24O/c1-2-13(14)9-5-8-12(13)10-11-6-3-4-7-11/h11-12,14H,2-10H2,1H3. The maximum Gasteiger partial charge on any atom is 0.0673 e. The molecule has 2 aliphatic carbocycles. The quantitative estimate of drug-likeness (QED) is 0.732. The van der Waals surface area contributed by atoms with Crippen LogP contribution in [0.2, 0.25) is 0 Å². The van der Waals surface area contributed by atoms with Gasteiger partial charge >= 0.3 is 0 Å². The predicted octanol–water partition coefficient (Wildman–Crippen LogP) is 3.51. The lowest BCUT2D eigenvalue weighted by molar-refractivity contribution is -0.00965. The van der Waals surface area contributed by atoms with Crippen LogP contribution in [0.3, 0.4) is 0 Å². The van der Waals surface area contributed by atoms with Crippen molar-refractivity contribution >= 4 is 0 Å². The van der Waals surface area contributed by atoms with Crippen molar-refractivity contribution in [3.8, 4) is 0 Å². The average Bonchev–Trinajstić information content (AvgIpc) is 2.79. The van der Waals surface area contributed by atoms with E-state index < -0.39 is 0 Å². The highest BCUT2D eigenvalue weighted by Crippen LogP contribution is 2.44. The second kappa shape index (κ2) is 4.22. The highest BCUT2D eigenvalue weighted by atomic mass is 16.3. The normalized spacial score (nSPS) is 39.4. The Morgan fingerprint density at radius 2 is 1.86 bits per heavy atom. The summed E-state index contributed by atoms with van der Waals surface area (Å²) in [5.74, 6) is 1.56. The Balaban J connectivity index is 1.89. The molecule has 2 atom stereocenters. The molecule has 0 bridgehead atoms. The molecule has 2 saturated carbocycles. The van der Waals surface area contributed by atoms with Crippen LogP contribution in [0, 0.1) is 11.8 Å². The third-order valence-electron chi connectivity index (χ3n) is 4.63. The zero-order valence-corrected chi connectivity index (χ0v) is 9.47. The van der Waals surface area contributed by atoms with E-state index in [9.17, 15) is 5.11 Å². The number of hydrogen-bond donors (Lipinski definition) is 1. The molecule has 14 heavy (non-hydrogen) atoms. The molecule has 0 aliphatic heterocycles. The zero-order valence-electron chi connectivity index (χ0n) is 9.47. The fourth-order valence-electron chi connectivity index (χ4n) is 3.58. The van der Waals surface area contributed by atoms with E-state index in [4.69, 9.17) is 0 Å². The van der Waals surface area contributed by atoms with Crippen LogP contribution >= 0.6 is 0 Å². The minimum Gasteiger partial charge on any atom is -0.390 e. The Morgan fingerprint density at radius 1 is 1.14 bits per heavy atom. The fraction of sp³-hybridized carbons (Fsp3) is 1.00. The van der Waals surface area contributed by atoms with Gasteiger partial charge in [-0.3, -0.25) is 0 Å². The maximum absolute atomic E-state index is 10.4. The van der Waals surface area contributed by atoms with Crippen molar-refractivity contribution in [2.45, 2.75) is 70.3 Å². The molecule has 0 saturated heterocycles. The summed E-state index contributed by atoms with van der Waals surface area (Å²) in [4.78, 5) is 0. The largest absolute Gasteiger partial charge is 0.390 e. The summed E-state index contributed by atoms with van der Waals surface area (Å²) in [7, 11) is 0. The van der Waals surface area contributed by atoms with E-state index in [1.54, 1.807) is 0 Å². The van der Waals surface area contributed by atoms with Crippen LogP contribution < -0.4 is 0 Å². The Labute approximate surface area is 87.9 Å². The summed E-state index contributed by atoms with van der Waals surface area (Å²) >= 11 is 0. The first-order chi connectivity index (χ1) is 6.74. The number of hydrogen-bond acceptors (Lipinski definition) is 1. The molecule has 1 N–H and O–H groups in total. The van der Waals surface area contributed by atoms with Gasteiger partial charge in [-0.15, -0.1) is 0 Å². The van der Waals surface area contributed by atoms with E-state index in [0.717, 1.165) is 18.8 Å². The van der Waals surface area contributed by atoms with E-state index in [1.165, 1.54) is 44.9 Å². The van der Waals surface area contributed by atoms with E-state index in [1.807, 2.05) is 0 Å². The molecule has 0 aromatic heterocycles. The zero-order chi connectivity index (χ0) is 10.0. The topological polar surface area (TPSA) is 20.2 Å². The first-order valence-electron chi connectivity index (χ1n) is 6.47. The summed E-state index contributed by atoms with van der Waals surface area (Å²) < 4.78 is 0. The second-order valence-electron chi connectivity index (χ2n) is 5.43. The summed E-state index contributed by atoms with van der Waals surface area (Å²) in [6, 6.07) is 0. The lowest BCUT2D eigenvalue weighted by atomic mass is 9.81. The molecule has 2 unspecified atom stereocenters. The predicted molar refractivity (Wildman–Crippen MR) is 59.2 cm³/mol. The smallest absolute Gasteiger partial charge is 0.0673 e. The molecule has 0 aromatic carbocycles. The van der Waals surface area contributed by atoms with Crippen molar-refractivity contribution in [2.24, 2.45) is 11.8 Å². The van der Waals surface area contributed by atoms with Gasteiger partial charge in [0.25, 0.3) is 0 Å². The molecule has 1 heteroatoms. The molecule has 82 valence electrons. The van der Waals surface area contributed by atoms with Gasteiger partial charge in [0.2, 0.25) is 0 Å². The summed E-state index contributed by atoms with van der Waals surface area (Å²) in [5, 5.41) is 10.4. The SMILES string of the molecule is CCC1(O)CCCC1CC1CCCC1. The van der Waals surface area contributed by atoms with Crippen molar-refractivity contribution in [1.29, 1.82) is 0 Å². The monoisotopic (exact) mass is 196 g/mol. The van der Waals surface area contributed by atoms with Gasteiger partial charge in [0.1, 0.15) is 0 Å². The van der Waals surface area contributed by atoms with Gasteiger partial charge in [-0.1, -0.05) is 39.0 Å². The number of aliphatic hydroxyl groups is 1. The lowest BCUT2D eigenvalue weighted by Gasteiger charge is -2.30. The van der Waals surface area contributed by atoms with Gasteiger partial charge in [0.05, 0.1) is 5.60 Å². The maximum atomic E-state index is 10.4. The van der Waals surface area contributed by atoms with Crippen LogP contribution in [0.5, 0.6) is 0 Å². The van der Waals surface area contributed by atoms with Crippen molar-refractivity contribution < 1.29 is 5.11 Å².